The number of aromatic amines is 1. The van der Waals surface area contributed by atoms with Gasteiger partial charge in [-0.2, -0.15) is 0 Å². The molecule has 2 amide bonds. The standard InChI is InChI=1S/C23H22FN3O3/c1-23-21-17(18-11-16(30-2)7-8-19(18)25-21)9-10-27(23)20(28)13-26(22(23)29)12-14-3-5-15(24)6-4-14/h3-8,11,25H,9-10,12-13H2,1-2H3/t23-/m0/s1. The third-order valence-corrected chi connectivity index (χ3v) is 6.34. The Morgan fingerprint density at radius 1 is 1.17 bits per heavy atom. The predicted molar refractivity (Wildman–Crippen MR) is 109 cm³/mol. The summed E-state index contributed by atoms with van der Waals surface area (Å²) < 4.78 is 18.6. The number of H-pyrrole nitrogens is 1. The molecule has 1 saturated heterocycles. The van der Waals surface area contributed by atoms with Crippen molar-refractivity contribution in [2.24, 2.45) is 0 Å². The third kappa shape index (κ3) is 2.61. The molecule has 2 aromatic carbocycles. The van der Waals surface area contributed by atoms with Crippen molar-refractivity contribution in [3.8, 4) is 5.75 Å². The van der Waals surface area contributed by atoms with E-state index in [4.69, 9.17) is 4.74 Å². The van der Waals surface area contributed by atoms with Gasteiger partial charge in [0.05, 0.1) is 12.8 Å². The zero-order valence-corrected chi connectivity index (χ0v) is 16.9. The summed E-state index contributed by atoms with van der Waals surface area (Å²) in [7, 11) is 1.62. The topological polar surface area (TPSA) is 65.6 Å². The van der Waals surface area contributed by atoms with Crippen LogP contribution < -0.4 is 4.74 Å². The number of carbonyl (C=O) groups excluding carboxylic acids is 2. The van der Waals surface area contributed by atoms with Crippen LogP contribution in [0, 0.1) is 5.82 Å². The van der Waals surface area contributed by atoms with Crippen LogP contribution in [0.1, 0.15) is 23.7 Å². The van der Waals surface area contributed by atoms with Gasteiger partial charge in [-0.05, 0) is 54.8 Å². The van der Waals surface area contributed by atoms with Gasteiger partial charge in [0.2, 0.25) is 5.91 Å². The van der Waals surface area contributed by atoms with E-state index in [9.17, 15) is 14.0 Å². The molecule has 0 bridgehead atoms. The van der Waals surface area contributed by atoms with Crippen LogP contribution in [0.25, 0.3) is 10.9 Å². The molecule has 2 aliphatic heterocycles. The number of hydrogen-bond donors (Lipinski definition) is 1. The molecular formula is C23H22FN3O3. The number of nitrogens with one attached hydrogen (secondary N) is 1. The molecule has 3 heterocycles. The summed E-state index contributed by atoms with van der Waals surface area (Å²) in [4.78, 5) is 33.3. The predicted octanol–water partition coefficient (Wildman–Crippen LogP) is 2.96. The van der Waals surface area contributed by atoms with Gasteiger partial charge in [-0.15, -0.1) is 0 Å². The van der Waals surface area contributed by atoms with Crippen LogP contribution in [-0.4, -0.2) is 46.8 Å². The summed E-state index contributed by atoms with van der Waals surface area (Å²) in [5.41, 5.74) is 2.41. The number of benzene rings is 2. The van der Waals surface area contributed by atoms with Gasteiger partial charge in [-0.25, -0.2) is 4.39 Å². The summed E-state index contributed by atoms with van der Waals surface area (Å²) in [5.74, 6) is 0.205. The average molecular weight is 407 g/mol. The second kappa shape index (κ2) is 6.58. The van der Waals surface area contributed by atoms with E-state index in [2.05, 4.69) is 4.98 Å². The van der Waals surface area contributed by atoms with Crippen molar-refractivity contribution in [1.82, 2.24) is 14.8 Å². The van der Waals surface area contributed by atoms with E-state index >= 15 is 0 Å². The number of halogens is 1. The Hall–Kier alpha value is -3.35. The maximum atomic E-state index is 13.7. The molecule has 0 radical (unpaired) electrons. The molecule has 1 N–H and O–H groups in total. The minimum absolute atomic E-state index is 0.0230. The first kappa shape index (κ1) is 18.7. The van der Waals surface area contributed by atoms with E-state index in [-0.39, 0.29) is 30.7 Å². The van der Waals surface area contributed by atoms with E-state index in [1.165, 1.54) is 12.1 Å². The van der Waals surface area contributed by atoms with Crippen LogP contribution in [0.5, 0.6) is 5.75 Å². The van der Waals surface area contributed by atoms with Crippen molar-refractivity contribution >= 4 is 22.7 Å². The number of piperazine rings is 1. The Balaban J connectivity index is 1.58. The van der Waals surface area contributed by atoms with Gasteiger partial charge >= 0.3 is 0 Å². The molecule has 30 heavy (non-hydrogen) atoms. The summed E-state index contributed by atoms with van der Waals surface area (Å²) in [6, 6.07) is 11.8. The molecule has 0 unspecified atom stereocenters. The van der Waals surface area contributed by atoms with E-state index in [0.717, 1.165) is 33.5 Å². The second-order valence-electron chi connectivity index (χ2n) is 8.05. The van der Waals surface area contributed by atoms with Gasteiger partial charge in [0.25, 0.3) is 5.91 Å². The first-order valence-electron chi connectivity index (χ1n) is 9.95. The molecule has 5 rings (SSSR count). The first-order valence-corrected chi connectivity index (χ1v) is 9.95. The fraction of sp³-hybridized carbons (Fsp3) is 0.304. The maximum Gasteiger partial charge on any atom is 0.255 e. The number of carbonyl (C=O) groups is 2. The Morgan fingerprint density at radius 2 is 1.93 bits per heavy atom. The van der Waals surface area contributed by atoms with Gasteiger partial charge in [0.15, 0.2) is 5.54 Å². The number of nitrogens with zero attached hydrogens (tertiary/aromatic N) is 2. The molecule has 0 aliphatic carbocycles. The molecule has 3 aromatic rings. The summed E-state index contributed by atoms with van der Waals surface area (Å²) in [5, 5.41) is 1.01. The number of amides is 2. The minimum atomic E-state index is -1.10. The quantitative estimate of drug-likeness (QED) is 0.726. The molecule has 6 nitrogen and oxygen atoms in total. The Kier molecular flexibility index (Phi) is 4.10. The average Bonchev–Trinajstić information content (AvgIpc) is 3.12. The monoisotopic (exact) mass is 407 g/mol. The molecule has 0 spiro atoms. The number of hydrogen-bond acceptors (Lipinski definition) is 3. The Labute approximate surface area is 173 Å². The normalized spacial score (nSPS) is 21.0. The summed E-state index contributed by atoms with van der Waals surface area (Å²) in [6.07, 6.45) is 0.676. The number of aromatic nitrogens is 1. The van der Waals surface area contributed by atoms with Crippen molar-refractivity contribution in [3.05, 3.63) is 65.1 Å². The lowest BCUT2D eigenvalue weighted by Gasteiger charge is -2.49. The van der Waals surface area contributed by atoms with Gasteiger partial charge in [-0.3, -0.25) is 9.59 Å². The van der Waals surface area contributed by atoms with E-state index in [0.29, 0.717) is 13.0 Å². The number of fused-ring (bicyclic) bond motifs is 5. The van der Waals surface area contributed by atoms with Crippen molar-refractivity contribution in [2.45, 2.75) is 25.4 Å². The van der Waals surface area contributed by atoms with Gasteiger partial charge in [-0.1, -0.05) is 12.1 Å². The highest BCUT2D eigenvalue weighted by molar-refractivity contribution is 6.00. The molecule has 1 atom stereocenters. The lowest BCUT2D eigenvalue weighted by Crippen LogP contribution is -2.66. The molecule has 0 saturated carbocycles. The van der Waals surface area contributed by atoms with Crippen molar-refractivity contribution in [3.63, 3.8) is 0 Å². The van der Waals surface area contributed by atoms with Gasteiger partial charge < -0.3 is 19.5 Å². The molecule has 154 valence electrons. The molecule has 7 heteroatoms. The first-order chi connectivity index (χ1) is 14.4. The lowest BCUT2D eigenvalue weighted by molar-refractivity contribution is -0.166. The number of ether oxygens (including phenoxy) is 1. The maximum absolute atomic E-state index is 13.7. The largest absolute Gasteiger partial charge is 0.497 e. The molecule has 1 aromatic heterocycles. The van der Waals surface area contributed by atoms with Crippen LogP contribution in [0.4, 0.5) is 4.39 Å². The summed E-state index contributed by atoms with van der Waals surface area (Å²) in [6.45, 7) is 2.59. The summed E-state index contributed by atoms with van der Waals surface area (Å²) >= 11 is 0. The van der Waals surface area contributed by atoms with E-state index in [1.54, 1.807) is 29.0 Å². The highest BCUT2D eigenvalue weighted by Crippen LogP contribution is 2.42. The third-order valence-electron chi connectivity index (χ3n) is 6.34. The van der Waals surface area contributed by atoms with Crippen molar-refractivity contribution < 1.29 is 18.7 Å². The minimum Gasteiger partial charge on any atom is -0.497 e. The lowest BCUT2D eigenvalue weighted by atomic mass is 9.83. The van der Waals surface area contributed by atoms with Crippen LogP contribution in [0.2, 0.25) is 0 Å². The smallest absolute Gasteiger partial charge is 0.255 e. The van der Waals surface area contributed by atoms with E-state index in [1.807, 2.05) is 25.1 Å². The number of rotatable bonds is 3. The van der Waals surface area contributed by atoms with Crippen LogP contribution in [-0.2, 0) is 28.1 Å². The highest BCUT2D eigenvalue weighted by atomic mass is 19.1. The molecule has 2 aliphatic rings. The van der Waals surface area contributed by atoms with Crippen LogP contribution >= 0.6 is 0 Å². The van der Waals surface area contributed by atoms with Crippen molar-refractivity contribution in [2.75, 3.05) is 20.2 Å². The molecule has 1 fully saturated rings. The fourth-order valence-electron chi connectivity index (χ4n) is 4.77. The highest BCUT2D eigenvalue weighted by Gasteiger charge is 2.54. The van der Waals surface area contributed by atoms with Crippen molar-refractivity contribution in [1.29, 1.82) is 0 Å². The molecular weight excluding hydrogens is 385 g/mol. The zero-order valence-electron chi connectivity index (χ0n) is 16.9. The number of methoxy groups -OCH3 is 1. The second-order valence-corrected chi connectivity index (χ2v) is 8.05. The van der Waals surface area contributed by atoms with Gasteiger partial charge in [0, 0.05) is 24.0 Å². The Morgan fingerprint density at radius 3 is 2.67 bits per heavy atom. The zero-order chi connectivity index (χ0) is 21.0. The Bertz CT molecular complexity index is 1170. The van der Waals surface area contributed by atoms with Gasteiger partial charge in [0.1, 0.15) is 18.1 Å². The van der Waals surface area contributed by atoms with Crippen LogP contribution in [0.15, 0.2) is 42.5 Å². The van der Waals surface area contributed by atoms with E-state index < -0.39 is 5.54 Å². The fourth-order valence-corrected chi connectivity index (χ4v) is 4.77. The van der Waals surface area contributed by atoms with Crippen LogP contribution in [0.3, 0.4) is 0 Å². The SMILES string of the molecule is COc1ccc2[nH]c3c(c2c1)CCN1C(=O)CN(Cc2ccc(F)cc2)C(=O)[C@]31C.